The van der Waals surface area contributed by atoms with Crippen molar-refractivity contribution < 1.29 is 19.1 Å². The Hall–Kier alpha value is -2.69. The van der Waals surface area contributed by atoms with Crippen LogP contribution in [0.5, 0.6) is 0 Å². The number of cyclic esters (lactones) is 1. The lowest BCUT2D eigenvalue weighted by Crippen LogP contribution is -2.37. The van der Waals surface area contributed by atoms with Crippen LogP contribution in [-0.4, -0.2) is 23.4 Å². The molecule has 5 heteroatoms. The summed E-state index contributed by atoms with van der Waals surface area (Å²) in [6.07, 6.45) is 6.54. The molecule has 1 heterocycles. The van der Waals surface area contributed by atoms with Gasteiger partial charge in [-0.1, -0.05) is 30.4 Å². The molecule has 0 spiro atoms. The van der Waals surface area contributed by atoms with E-state index in [9.17, 15) is 9.59 Å². The average molecular weight is 313 g/mol. The molecule has 0 bridgehead atoms. The third-order valence-electron chi connectivity index (χ3n) is 3.53. The van der Waals surface area contributed by atoms with Crippen LogP contribution in [0.2, 0.25) is 0 Å². The van der Waals surface area contributed by atoms with Crippen LogP contribution in [0.4, 0.5) is 0 Å². The molecule has 5 nitrogen and oxygen atoms in total. The first kappa shape index (κ1) is 16.7. The SMILES string of the molecule is CC=CC(C=COC(C)=O)C1(C)N=C(c2ccccc2)OC1=O. The van der Waals surface area contributed by atoms with Crippen molar-refractivity contribution in [1.29, 1.82) is 0 Å². The maximum atomic E-state index is 12.4. The molecule has 0 saturated heterocycles. The fourth-order valence-corrected chi connectivity index (χ4v) is 2.25. The second-order valence-corrected chi connectivity index (χ2v) is 5.31. The van der Waals surface area contributed by atoms with Crippen LogP contribution in [0, 0.1) is 5.92 Å². The van der Waals surface area contributed by atoms with E-state index in [0.29, 0.717) is 5.90 Å². The molecule has 0 aliphatic carbocycles. The van der Waals surface area contributed by atoms with Crippen molar-refractivity contribution in [3.05, 3.63) is 60.4 Å². The van der Waals surface area contributed by atoms with Crippen molar-refractivity contribution in [3.63, 3.8) is 0 Å². The molecule has 0 radical (unpaired) electrons. The number of ether oxygens (including phenoxy) is 2. The Labute approximate surface area is 135 Å². The minimum absolute atomic E-state index is 0.300. The van der Waals surface area contributed by atoms with Crippen molar-refractivity contribution in [2.24, 2.45) is 10.9 Å². The van der Waals surface area contributed by atoms with Gasteiger partial charge < -0.3 is 9.47 Å². The lowest BCUT2D eigenvalue weighted by Gasteiger charge is -2.22. The summed E-state index contributed by atoms with van der Waals surface area (Å²) in [7, 11) is 0. The first-order valence-electron chi connectivity index (χ1n) is 7.31. The minimum atomic E-state index is -1.10. The number of esters is 2. The number of rotatable bonds is 5. The fraction of sp³-hybridized carbons (Fsp3) is 0.278. The highest BCUT2D eigenvalue weighted by Gasteiger charge is 2.46. The average Bonchev–Trinajstić information content (AvgIpc) is 2.84. The highest BCUT2D eigenvalue weighted by Crippen LogP contribution is 2.32. The quantitative estimate of drug-likeness (QED) is 0.476. The van der Waals surface area contributed by atoms with E-state index in [1.54, 1.807) is 13.0 Å². The van der Waals surface area contributed by atoms with E-state index in [2.05, 4.69) is 4.99 Å². The molecule has 120 valence electrons. The predicted octanol–water partition coefficient (Wildman–Crippen LogP) is 3.02. The molecule has 0 amide bonds. The van der Waals surface area contributed by atoms with Crippen LogP contribution in [0.25, 0.3) is 0 Å². The van der Waals surface area contributed by atoms with E-state index in [0.717, 1.165) is 5.56 Å². The number of aliphatic imine (C=N–C) groups is 1. The number of benzene rings is 1. The molecule has 2 atom stereocenters. The zero-order chi connectivity index (χ0) is 16.9. The zero-order valence-electron chi connectivity index (χ0n) is 13.4. The molecule has 0 aromatic heterocycles. The predicted molar refractivity (Wildman–Crippen MR) is 86.7 cm³/mol. The van der Waals surface area contributed by atoms with Gasteiger partial charge in [0, 0.05) is 18.4 Å². The number of carbonyl (C=O) groups excluding carboxylic acids is 2. The van der Waals surface area contributed by atoms with Gasteiger partial charge in [0.25, 0.3) is 0 Å². The number of nitrogens with zero attached hydrogens (tertiary/aromatic N) is 1. The number of allylic oxidation sites excluding steroid dienone is 1. The second kappa shape index (κ2) is 7.05. The standard InChI is InChI=1S/C18H19NO4/c1-4-8-15(11-12-22-13(2)20)18(3)17(21)23-16(19-18)14-9-6-5-7-10-14/h4-12,15H,1-3H3. The first-order valence-corrected chi connectivity index (χ1v) is 7.31. The lowest BCUT2D eigenvalue weighted by atomic mass is 9.86. The van der Waals surface area contributed by atoms with Crippen LogP contribution in [0.3, 0.4) is 0 Å². The Morgan fingerprint density at radius 1 is 1.30 bits per heavy atom. The summed E-state index contributed by atoms with van der Waals surface area (Å²) < 4.78 is 10.2. The van der Waals surface area contributed by atoms with Crippen LogP contribution >= 0.6 is 0 Å². The smallest absolute Gasteiger partial charge is 0.341 e. The van der Waals surface area contributed by atoms with Crippen molar-refractivity contribution in [1.82, 2.24) is 0 Å². The summed E-state index contributed by atoms with van der Waals surface area (Å²) in [4.78, 5) is 27.7. The van der Waals surface area contributed by atoms with Crippen molar-refractivity contribution in [3.8, 4) is 0 Å². The number of hydrogen-bond acceptors (Lipinski definition) is 5. The van der Waals surface area contributed by atoms with Gasteiger partial charge in [0.05, 0.1) is 6.26 Å². The Morgan fingerprint density at radius 3 is 2.61 bits per heavy atom. The number of hydrogen-bond donors (Lipinski definition) is 0. The molecule has 0 N–H and O–H groups in total. The van der Waals surface area contributed by atoms with Gasteiger partial charge in [-0.3, -0.25) is 4.79 Å². The maximum Gasteiger partial charge on any atom is 0.341 e. The molecule has 1 aromatic rings. The Balaban J connectivity index is 2.32. The largest absolute Gasteiger partial charge is 0.435 e. The molecule has 0 fully saturated rings. The molecule has 0 saturated carbocycles. The van der Waals surface area contributed by atoms with E-state index in [4.69, 9.17) is 9.47 Å². The van der Waals surface area contributed by atoms with Crippen LogP contribution in [-0.2, 0) is 19.1 Å². The van der Waals surface area contributed by atoms with Crippen LogP contribution < -0.4 is 0 Å². The van der Waals surface area contributed by atoms with Gasteiger partial charge in [-0.15, -0.1) is 0 Å². The topological polar surface area (TPSA) is 65.0 Å². The molecule has 1 aliphatic rings. The molecular formula is C18H19NO4. The number of carbonyl (C=O) groups is 2. The third-order valence-corrected chi connectivity index (χ3v) is 3.53. The van der Waals surface area contributed by atoms with Crippen molar-refractivity contribution in [2.45, 2.75) is 26.3 Å². The monoisotopic (exact) mass is 313 g/mol. The van der Waals surface area contributed by atoms with Gasteiger partial charge in [0.1, 0.15) is 0 Å². The zero-order valence-corrected chi connectivity index (χ0v) is 13.4. The van der Waals surface area contributed by atoms with E-state index in [-0.39, 0.29) is 5.92 Å². The van der Waals surface area contributed by atoms with Crippen molar-refractivity contribution in [2.75, 3.05) is 0 Å². The summed E-state index contributed by atoms with van der Waals surface area (Å²) in [5.74, 6) is -0.950. The molecule has 23 heavy (non-hydrogen) atoms. The first-order chi connectivity index (χ1) is 11.0. The summed E-state index contributed by atoms with van der Waals surface area (Å²) in [5, 5.41) is 0. The summed E-state index contributed by atoms with van der Waals surface area (Å²) in [5.41, 5.74) is -0.360. The maximum absolute atomic E-state index is 12.4. The van der Waals surface area contributed by atoms with E-state index < -0.39 is 17.5 Å². The van der Waals surface area contributed by atoms with E-state index in [1.807, 2.05) is 49.4 Å². The fourth-order valence-electron chi connectivity index (χ4n) is 2.25. The Bertz CT molecular complexity index is 676. The van der Waals surface area contributed by atoms with Gasteiger partial charge >= 0.3 is 11.9 Å². The lowest BCUT2D eigenvalue weighted by molar-refractivity contribution is -0.139. The van der Waals surface area contributed by atoms with Crippen LogP contribution in [0.1, 0.15) is 26.3 Å². The Morgan fingerprint density at radius 2 is 2.00 bits per heavy atom. The highest BCUT2D eigenvalue weighted by molar-refractivity contribution is 6.08. The highest BCUT2D eigenvalue weighted by atomic mass is 16.6. The molecule has 2 unspecified atom stereocenters. The third kappa shape index (κ3) is 3.74. The van der Waals surface area contributed by atoms with Gasteiger partial charge in [-0.05, 0) is 32.1 Å². The van der Waals surface area contributed by atoms with Gasteiger partial charge in [0.15, 0.2) is 5.54 Å². The van der Waals surface area contributed by atoms with Gasteiger partial charge in [-0.2, -0.15) is 0 Å². The van der Waals surface area contributed by atoms with Gasteiger partial charge in [0.2, 0.25) is 5.90 Å². The van der Waals surface area contributed by atoms with E-state index in [1.165, 1.54) is 13.2 Å². The van der Waals surface area contributed by atoms with E-state index >= 15 is 0 Å². The second-order valence-electron chi connectivity index (χ2n) is 5.31. The minimum Gasteiger partial charge on any atom is -0.435 e. The molecule has 2 rings (SSSR count). The molecular weight excluding hydrogens is 294 g/mol. The summed E-state index contributed by atoms with van der Waals surface area (Å²) in [6, 6.07) is 9.25. The van der Waals surface area contributed by atoms with Crippen LogP contribution in [0.15, 0.2) is 59.8 Å². The molecule has 1 aliphatic heterocycles. The van der Waals surface area contributed by atoms with Crippen molar-refractivity contribution >= 4 is 17.8 Å². The summed E-state index contributed by atoms with van der Waals surface area (Å²) in [6.45, 7) is 4.86. The van der Waals surface area contributed by atoms with Gasteiger partial charge in [-0.25, -0.2) is 9.79 Å². The molecule has 1 aromatic carbocycles. The Kier molecular flexibility index (Phi) is 5.11. The normalized spacial score (nSPS) is 22.2. The summed E-state index contributed by atoms with van der Waals surface area (Å²) >= 11 is 0.